The Kier molecular flexibility index (Phi) is 19.4. The predicted octanol–water partition coefficient (Wildman–Crippen LogP) is 10.4. The van der Waals surface area contributed by atoms with Crippen LogP contribution in [0.1, 0.15) is 197 Å². The molecule has 15 saturated carbocycles. The van der Waals surface area contributed by atoms with E-state index in [1.54, 1.807) is 27.7 Å². The van der Waals surface area contributed by atoms with Crippen LogP contribution in [0, 0.1) is 87.3 Å². The van der Waals surface area contributed by atoms with Gasteiger partial charge in [-0.2, -0.15) is 0 Å². The molecule has 16 bridgehead atoms. The molecular formula is C74H104O19. The lowest BCUT2D eigenvalue weighted by molar-refractivity contribution is -0.217. The Morgan fingerprint density at radius 2 is 1.05 bits per heavy atom. The minimum atomic E-state index is -1.24. The quantitative estimate of drug-likeness (QED) is 0.0561. The molecule has 514 valence electrons. The highest BCUT2D eigenvalue weighted by atomic mass is 16.6. The largest absolute Gasteiger partial charge is 0.459 e. The molecule has 3 N–H and O–H groups in total. The second-order valence-electron chi connectivity index (χ2n) is 32.8. The number of fused-ring (bicyclic) bond motifs is 3. The fourth-order valence-corrected chi connectivity index (χ4v) is 20.8. The molecule has 93 heavy (non-hydrogen) atoms. The van der Waals surface area contributed by atoms with Crippen molar-refractivity contribution in [3.05, 3.63) is 60.8 Å². The molecule has 10 unspecified atom stereocenters. The van der Waals surface area contributed by atoms with E-state index in [0.717, 1.165) is 113 Å². The summed E-state index contributed by atoms with van der Waals surface area (Å²) in [6.45, 7) is 33.5. The van der Waals surface area contributed by atoms with Crippen LogP contribution in [-0.2, 0) is 76.3 Å². The van der Waals surface area contributed by atoms with Crippen LogP contribution in [0.25, 0.3) is 0 Å². The first-order valence-corrected chi connectivity index (χ1v) is 34.4. The summed E-state index contributed by atoms with van der Waals surface area (Å²) in [5.41, 5.74) is -3.29. The number of carbonyl (C=O) groups is 8. The van der Waals surface area contributed by atoms with E-state index in [1.165, 1.54) is 39.0 Å². The fraction of sp³-hybridized carbons (Fsp3) is 0.757. The fourth-order valence-electron chi connectivity index (χ4n) is 20.8. The predicted molar refractivity (Wildman–Crippen MR) is 339 cm³/mol. The van der Waals surface area contributed by atoms with Crippen molar-refractivity contribution in [1.82, 2.24) is 0 Å². The topological polar surface area (TPSA) is 271 Å². The van der Waals surface area contributed by atoms with E-state index in [0.29, 0.717) is 71.1 Å². The lowest BCUT2D eigenvalue weighted by Crippen LogP contribution is -2.60. The molecule has 10 atom stereocenters. The van der Waals surface area contributed by atoms with Gasteiger partial charge in [0.1, 0.15) is 55.4 Å². The highest BCUT2D eigenvalue weighted by Crippen LogP contribution is 2.67. The number of esters is 8. The third-order valence-corrected chi connectivity index (χ3v) is 25.3. The second kappa shape index (κ2) is 25.7. The summed E-state index contributed by atoms with van der Waals surface area (Å²) in [5.74, 6) is 3.36. The molecule has 0 radical (unpaired) electrons. The average molecular weight is 1300 g/mol. The smallest absolute Gasteiger partial charge is 0.351 e. The lowest BCUT2D eigenvalue weighted by atomic mass is 9.45. The summed E-state index contributed by atoms with van der Waals surface area (Å²) in [4.78, 5) is 93.5. The van der Waals surface area contributed by atoms with Gasteiger partial charge in [-0.1, -0.05) is 46.7 Å². The Morgan fingerprint density at radius 3 is 1.54 bits per heavy atom. The number of hydrogen-bond donors (Lipinski definition) is 3. The van der Waals surface area contributed by atoms with E-state index in [1.807, 2.05) is 27.7 Å². The molecule has 17 fully saturated rings. The first-order chi connectivity index (χ1) is 43.4. The van der Waals surface area contributed by atoms with Crippen LogP contribution in [0.5, 0.6) is 0 Å². The van der Waals surface area contributed by atoms with Gasteiger partial charge < -0.3 is 53.2 Å². The summed E-state index contributed by atoms with van der Waals surface area (Å²) in [6, 6.07) is 0. The van der Waals surface area contributed by atoms with Crippen LogP contribution in [0.15, 0.2) is 60.8 Å². The van der Waals surface area contributed by atoms with Gasteiger partial charge in [-0.15, -0.1) is 0 Å². The minimum absolute atomic E-state index is 0.0307. The summed E-state index contributed by atoms with van der Waals surface area (Å²) in [6.07, 6.45) is 21.1. The Labute approximate surface area is 548 Å². The van der Waals surface area contributed by atoms with E-state index >= 15 is 0 Å². The van der Waals surface area contributed by atoms with Crippen LogP contribution in [-0.4, -0.2) is 130 Å². The van der Waals surface area contributed by atoms with E-state index in [4.69, 9.17) is 37.9 Å². The van der Waals surface area contributed by atoms with Crippen molar-refractivity contribution in [1.29, 1.82) is 0 Å². The van der Waals surface area contributed by atoms with Crippen LogP contribution in [0.2, 0.25) is 0 Å². The number of rotatable bonds is 16. The van der Waals surface area contributed by atoms with Crippen molar-refractivity contribution in [3.8, 4) is 0 Å². The summed E-state index contributed by atoms with van der Waals surface area (Å²) in [5, 5.41) is 32.4. The summed E-state index contributed by atoms with van der Waals surface area (Å²) < 4.78 is 42.3. The molecule has 2 heterocycles. The van der Waals surface area contributed by atoms with Gasteiger partial charge in [0.25, 0.3) is 0 Å². The Balaban J connectivity index is 0.000000128. The summed E-state index contributed by atoms with van der Waals surface area (Å²) in [7, 11) is 0. The molecule has 19 heteroatoms. The molecule has 17 rings (SSSR count). The molecule has 0 aromatic carbocycles. The molecule has 15 aliphatic carbocycles. The lowest BCUT2D eigenvalue weighted by Gasteiger charge is -2.61. The molecule has 2 aliphatic heterocycles. The monoisotopic (exact) mass is 1300 g/mol. The third-order valence-electron chi connectivity index (χ3n) is 25.3. The first-order valence-electron chi connectivity index (χ1n) is 34.4. The van der Waals surface area contributed by atoms with Gasteiger partial charge in [0.05, 0.1) is 16.9 Å². The van der Waals surface area contributed by atoms with Gasteiger partial charge in [-0.3, -0.25) is 9.59 Å². The van der Waals surface area contributed by atoms with E-state index in [2.05, 4.69) is 32.9 Å². The van der Waals surface area contributed by atoms with E-state index < -0.39 is 56.7 Å². The number of hydrogen-bond acceptors (Lipinski definition) is 19. The minimum Gasteiger partial charge on any atom is -0.459 e. The van der Waals surface area contributed by atoms with Crippen molar-refractivity contribution in [2.45, 2.75) is 237 Å². The van der Waals surface area contributed by atoms with Gasteiger partial charge in [-0.05, 0) is 230 Å². The normalized spacial score (nSPS) is 41.1. The number of ether oxygens (including phenoxy) is 8. The maximum atomic E-state index is 12.4. The molecule has 0 aromatic rings. The highest BCUT2D eigenvalue weighted by molar-refractivity contribution is 5.94. The average Bonchev–Trinajstić information content (AvgIpc) is 1.51. The van der Waals surface area contributed by atoms with Crippen molar-refractivity contribution in [2.75, 3.05) is 26.4 Å². The van der Waals surface area contributed by atoms with Gasteiger partial charge in [0.15, 0.2) is 0 Å². The molecule has 0 aromatic heterocycles. The molecule has 0 spiro atoms. The van der Waals surface area contributed by atoms with Crippen LogP contribution < -0.4 is 0 Å². The second-order valence-corrected chi connectivity index (χ2v) is 32.8. The highest BCUT2D eigenvalue weighted by Gasteiger charge is 2.76. The standard InChI is InChI=1S/C17H26O3.C16H22O6.C15H22O3.C14H20O3.C12H14O4/c1-11(2)15(18)20-10-16(3,19)17-7-12-4-13(8-17)6-14(5-12)9-17;1-10(2)11(17)20-8-9-21-13(19)16-7-6-15(5,12(18)22-16)14(16,3)4;1-9(2)14(16)18-8-15(17)12-4-10-3-11(6-12)7-13(15)5-10;1-9(2)12(15)17-14-6-10-3-11(7-14)5-13(16,4-10)8-14;1-5(2)11(13)15-9-6-3-7-8(4-6)12(14)16-10(7)9/h12-14,19H,1,4-10H2,2-3H3;1,6-9H2,2-5H3;10-13,17H,1,3-8H2,2H3;10-11,16H,1,3-8H2,2H3;6-10H,1,3-4H2,2H3. The van der Waals surface area contributed by atoms with Crippen molar-refractivity contribution in [3.63, 3.8) is 0 Å². The van der Waals surface area contributed by atoms with Crippen molar-refractivity contribution in [2.24, 2.45) is 87.3 Å². The number of aliphatic hydroxyl groups is 3. The van der Waals surface area contributed by atoms with Crippen molar-refractivity contribution < 1.29 is 91.6 Å². The van der Waals surface area contributed by atoms with Crippen LogP contribution in [0.4, 0.5) is 0 Å². The third kappa shape index (κ3) is 13.4. The van der Waals surface area contributed by atoms with Gasteiger partial charge in [0.2, 0.25) is 5.60 Å². The molecular weight excluding hydrogens is 1190 g/mol. The van der Waals surface area contributed by atoms with Gasteiger partial charge in [-0.25, -0.2) is 28.8 Å². The van der Waals surface area contributed by atoms with Crippen molar-refractivity contribution >= 4 is 47.8 Å². The van der Waals surface area contributed by atoms with Crippen LogP contribution >= 0.6 is 0 Å². The maximum Gasteiger partial charge on any atom is 0.351 e. The first kappa shape index (κ1) is 70.1. The number of carbonyl (C=O) groups excluding carboxylic acids is 8. The maximum absolute atomic E-state index is 12.4. The SMILES string of the molecule is C=C(C)C(=O)OC12CC3CC(CC(O)(C3)C1)C2.C=C(C)C(=O)OC1C2CC3C(=O)OC1C3C2.C=C(C)C(=O)OCC(C)(O)C12CC3CC(CC(C3)C1)C2.C=C(C)C(=O)OCC1(O)C2CC3CC(C2)CC1C3.C=C(C)C(=O)OCCOC(=O)C12CCC(C)(C(=O)O1)C2(C)C. The molecule has 19 nitrogen and oxygen atoms in total. The molecule has 0 amide bonds. The summed E-state index contributed by atoms with van der Waals surface area (Å²) >= 11 is 0. The molecule has 2 saturated heterocycles. The Bertz CT molecular complexity index is 2990. The Morgan fingerprint density at radius 1 is 0.570 bits per heavy atom. The zero-order chi connectivity index (χ0) is 67.9. The molecule has 17 aliphatic rings. The van der Waals surface area contributed by atoms with Gasteiger partial charge >= 0.3 is 47.8 Å². The Hall–Kier alpha value is -5.66. The van der Waals surface area contributed by atoms with E-state index in [9.17, 15) is 53.7 Å². The van der Waals surface area contributed by atoms with Gasteiger partial charge in [0, 0.05) is 57.0 Å². The zero-order valence-electron chi connectivity index (χ0n) is 56.7. The van der Waals surface area contributed by atoms with Crippen LogP contribution in [0.3, 0.4) is 0 Å². The zero-order valence-corrected chi connectivity index (χ0v) is 56.7. The van der Waals surface area contributed by atoms with E-state index in [-0.39, 0.29) is 91.3 Å².